The minimum atomic E-state index is -0.912. The van der Waals surface area contributed by atoms with Crippen molar-refractivity contribution in [3.63, 3.8) is 0 Å². The maximum absolute atomic E-state index is 11.2. The van der Waals surface area contributed by atoms with Crippen LogP contribution in [0.2, 0.25) is 0 Å². The van der Waals surface area contributed by atoms with Crippen LogP contribution in [-0.4, -0.2) is 42.4 Å². The largest absolute Gasteiger partial charge is 0.478 e. The first-order chi connectivity index (χ1) is 8.24. The van der Waals surface area contributed by atoms with Crippen LogP contribution in [0.5, 0.6) is 0 Å². The van der Waals surface area contributed by atoms with Gasteiger partial charge in [0, 0.05) is 25.9 Å². The fraction of sp³-hybridized carbons (Fsp3) is 0.500. The molecular formula is C12H16N2O3. The van der Waals surface area contributed by atoms with Gasteiger partial charge in [0.25, 0.3) is 0 Å². The van der Waals surface area contributed by atoms with E-state index < -0.39 is 5.97 Å². The van der Waals surface area contributed by atoms with Crippen molar-refractivity contribution in [1.82, 2.24) is 4.98 Å². The average Bonchev–Trinajstić information content (AvgIpc) is 3.14. The van der Waals surface area contributed by atoms with Crippen LogP contribution in [0.3, 0.4) is 0 Å². The fourth-order valence-electron chi connectivity index (χ4n) is 1.87. The molecule has 17 heavy (non-hydrogen) atoms. The second kappa shape index (κ2) is 5.14. The van der Waals surface area contributed by atoms with E-state index in [0.29, 0.717) is 30.4 Å². The van der Waals surface area contributed by atoms with Gasteiger partial charge in [0.2, 0.25) is 0 Å². The highest BCUT2D eigenvalue weighted by molar-refractivity contribution is 5.94. The van der Waals surface area contributed by atoms with Crippen LogP contribution >= 0.6 is 0 Å². The Morgan fingerprint density at radius 1 is 1.65 bits per heavy atom. The molecule has 92 valence electrons. The lowest BCUT2D eigenvalue weighted by molar-refractivity contribution is 0.0697. The summed E-state index contributed by atoms with van der Waals surface area (Å²) in [5.41, 5.74) is 1.00. The molecule has 0 radical (unpaired) electrons. The van der Waals surface area contributed by atoms with Crippen LogP contribution in [-0.2, 0) is 4.74 Å². The van der Waals surface area contributed by atoms with Crippen LogP contribution in [0.1, 0.15) is 23.2 Å². The van der Waals surface area contributed by atoms with Crippen molar-refractivity contribution >= 4 is 11.7 Å². The van der Waals surface area contributed by atoms with Gasteiger partial charge in [-0.2, -0.15) is 0 Å². The molecule has 1 aliphatic carbocycles. The summed E-state index contributed by atoms with van der Waals surface area (Å²) in [6, 6.07) is 1.98. The van der Waals surface area contributed by atoms with Gasteiger partial charge >= 0.3 is 5.97 Å². The van der Waals surface area contributed by atoms with Crippen molar-refractivity contribution < 1.29 is 14.6 Å². The van der Waals surface area contributed by atoms with Crippen LogP contribution < -0.4 is 4.90 Å². The fourth-order valence-corrected chi connectivity index (χ4v) is 1.87. The summed E-state index contributed by atoms with van der Waals surface area (Å²) >= 11 is 0. The highest BCUT2D eigenvalue weighted by Crippen LogP contribution is 2.32. The zero-order chi connectivity index (χ0) is 12.3. The number of hydrogen-bond donors (Lipinski definition) is 1. The molecule has 1 aliphatic rings. The number of methoxy groups -OCH3 is 1. The molecule has 0 amide bonds. The van der Waals surface area contributed by atoms with E-state index in [-0.39, 0.29) is 0 Å². The number of anilines is 1. The van der Waals surface area contributed by atoms with Crippen molar-refractivity contribution in [2.45, 2.75) is 18.9 Å². The zero-order valence-corrected chi connectivity index (χ0v) is 9.80. The maximum atomic E-state index is 11.2. The van der Waals surface area contributed by atoms with Gasteiger partial charge in [0.1, 0.15) is 0 Å². The van der Waals surface area contributed by atoms with Gasteiger partial charge in [-0.05, 0) is 18.9 Å². The Labute approximate surface area is 100 Å². The summed E-state index contributed by atoms with van der Waals surface area (Å²) < 4.78 is 5.06. The van der Waals surface area contributed by atoms with Crippen molar-refractivity contribution in [3.05, 3.63) is 24.0 Å². The molecule has 1 fully saturated rings. The lowest BCUT2D eigenvalue weighted by Gasteiger charge is -2.25. The Morgan fingerprint density at radius 2 is 2.41 bits per heavy atom. The van der Waals surface area contributed by atoms with Crippen LogP contribution in [0, 0.1) is 0 Å². The molecule has 0 bridgehead atoms. The van der Waals surface area contributed by atoms with Crippen LogP contribution in [0.4, 0.5) is 5.69 Å². The second-order valence-electron chi connectivity index (χ2n) is 4.12. The average molecular weight is 236 g/mol. The molecule has 1 aromatic heterocycles. The number of ether oxygens (including phenoxy) is 1. The van der Waals surface area contributed by atoms with E-state index in [1.54, 1.807) is 19.4 Å². The summed E-state index contributed by atoms with van der Waals surface area (Å²) in [4.78, 5) is 17.3. The molecule has 1 N–H and O–H groups in total. The lowest BCUT2D eigenvalue weighted by Crippen LogP contribution is -2.31. The third kappa shape index (κ3) is 2.74. The molecule has 1 aromatic rings. The van der Waals surface area contributed by atoms with Crippen molar-refractivity contribution in [1.29, 1.82) is 0 Å². The maximum Gasteiger partial charge on any atom is 0.337 e. The van der Waals surface area contributed by atoms with Crippen molar-refractivity contribution in [2.75, 3.05) is 25.2 Å². The van der Waals surface area contributed by atoms with E-state index in [0.717, 1.165) is 12.8 Å². The highest BCUT2D eigenvalue weighted by atomic mass is 16.5. The molecule has 5 heteroatoms. The quantitative estimate of drug-likeness (QED) is 0.808. The van der Waals surface area contributed by atoms with Crippen molar-refractivity contribution in [2.24, 2.45) is 0 Å². The Hall–Kier alpha value is -1.62. The second-order valence-corrected chi connectivity index (χ2v) is 4.12. The number of carboxylic acids is 1. The zero-order valence-electron chi connectivity index (χ0n) is 9.80. The predicted molar refractivity (Wildman–Crippen MR) is 63.4 cm³/mol. The summed E-state index contributed by atoms with van der Waals surface area (Å²) in [7, 11) is 1.65. The van der Waals surface area contributed by atoms with Gasteiger partial charge in [0.05, 0.1) is 24.1 Å². The van der Waals surface area contributed by atoms with Gasteiger partial charge in [-0.1, -0.05) is 0 Å². The number of nitrogens with zero attached hydrogens (tertiary/aromatic N) is 2. The van der Waals surface area contributed by atoms with Crippen molar-refractivity contribution in [3.8, 4) is 0 Å². The smallest absolute Gasteiger partial charge is 0.337 e. The monoisotopic (exact) mass is 236 g/mol. The normalized spacial score (nSPS) is 14.6. The molecule has 0 atom stereocenters. The number of aromatic carboxylic acids is 1. The van der Waals surface area contributed by atoms with Gasteiger partial charge in [-0.3, -0.25) is 4.98 Å². The van der Waals surface area contributed by atoms with E-state index in [1.807, 2.05) is 0 Å². The van der Waals surface area contributed by atoms with E-state index in [2.05, 4.69) is 9.88 Å². The summed E-state index contributed by atoms with van der Waals surface area (Å²) in [5, 5.41) is 9.16. The molecule has 0 unspecified atom stereocenters. The van der Waals surface area contributed by atoms with E-state index in [1.165, 1.54) is 6.20 Å². The minimum absolute atomic E-state index is 0.308. The topological polar surface area (TPSA) is 62.7 Å². The molecule has 2 rings (SSSR count). The van der Waals surface area contributed by atoms with Crippen LogP contribution in [0.15, 0.2) is 18.5 Å². The molecule has 0 spiro atoms. The summed E-state index contributed by atoms with van der Waals surface area (Å²) in [5.74, 6) is -0.912. The number of carbonyl (C=O) groups is 1. The molecule has 0 aliphatic heterocycles. The third-order valence-corrected chi connectivity index (χ3v) is 2.86. The van der Waals surface area contributed by atoms with Crippen LogP contribution in [0.25, 0.3) is 0 Å². The van der Waals surface area contributed by atoms with E-state index in [9.17, 15) is 4.79 Å². The molecule has 1 saturated carbocycles. The van der Waals surface area contributed by atoms with Gasteiger partial charge in [-0.25, -0.2) is 4.79 Å². The number of pyridine rings is 1. The number of aromatic nitrogens is 1. The number of carboxylic acid groups (broad SMARTS) is 1. The van der Waals surface area contributed by atoms with Gasteiger partial charge in [-0.15, -0.1) is 0 Å². The SMILES string of the molecule is COCCN(c1cnccc1C(=O)O)C1CC1. The minimum Gasteiger partial charge on any atom is -0.478 e. The number of rotatable bonds is 6. The van der Waals surface area contributed by atoms with Gasteiger partial charge in [0.15, 0.2) is 0 Å². The summed E-state index contributed by atoms with van der Waals surface area (Å²) in [6.07, 6.45) is 5.35. The molecular weight excluding hydrogens is 220 g/mol. The molecule has 1 heterocycles. The van der Waals surface area contributed by atoms with Gasteiger partial charge < -0.3 is 14.7 Å². The third-order valence-electron chi connectivity index (χ3n) is 2.86. The lowest BCUT2D eigenvalue weighted by atomic mass is 10.2. The first-order valence-electron chi connectivity index (χ1n) is 5.67. The summed E-state index contributed by atoms with van der Waals surface area (Å²) in [6.45, 7) is 1.29. The predicted octanol–water partition coefficient (Wildman–Crippen LogP) is 1.40. The Morgan fingerprint density at radius 3 is 3.00 bits per heavy atom. The first-order valence-corrected chi connectivity index (χ1v) is 5.67. The first kappa shape index (κ1) is 11.9. The number of hydrogen-bond acceptors (Lipinski definition) is 4. The Bertz CT molecular complexity index is 404. The standard InChI is InChI=1S/C12H16N2O3/c1-17-7-6-14(9-2-3-9)11-8-13-5-4-10(11)12(15)16/h4-5,8-9H,2-3,6-7H2,1H3,(H,15,16). The Kier molecular flexibility index (Phi) is 3.58. The molecule has 5 nitrogen and oxygen atoms in total. The molecule has 0 saturated heterocycles. The molecule has 0 aromatic carbocycles. The highest BCUT2D eigenvalue weighted by Gasteiger charge is 2.31. The van der Waals surface area contributed by atoms with E-state index in [4.69, 9.17) is 9.84 Å². The Balaban J connectivity index is 2.25. The van der Waals surface area contributed by atoms with E-state index >= 15 is 0 Å².